The predicted octanol–water partition coefficient (Wildman–Crippen LogP) is 1.78. The smallest absolute Gasteiger partial charge is 0.251 e. The second kappa shape index (κ2) is 8.79. The highest BCUT2D eigenvalue weighted by molar-refractivity contribution is 5.94. The number of likely N-dealkylation sites (tertiary alicyclic amines) is 1. The van der Waals surface area contributed by atoms with Crippen LogP contribution in [0.5, 0.6) is 0 Å². The summed E-state index contributed by atoms with van der Waals surface area (Å²) in [6.45, 7) is 3.40. The van der Waals surface area contributed by atoms with E-state index in [1.54, 1.807) is 0 Å². The molecule has 5 heteroatoms. The van der Waals surface area contributed by atoms with Crippen LogP contribution in [0.15, 0.2) is 24.3 Å². The number of hydrogen-bond acceptors (Lipinski definition) is 4. The van der Waals surface area contributed by atoms with E-state index in [-0.39, 0.29) is 24.5 Å². The molecule has 0 unspecified atom stereocenters. The zero-order valence-electron chi connectivity index (χ0n) is 14.9. The number of amides is 1. The molecule has 3 rings (SSSR count). The fourth-order valence-electron chi connectivity index (χ4n) is 4.04. The van der Waals surface area contributed by atoms with Gasteiger partial charge in [-0.2, -0.15) is 0 Å². The summed E-state index contributed by atoms with van der Waals surface area (Å²) in [6.07, 6.45) is 5.14. The third-order valence-corrected chi connectivity index (χ3v) is 5.80. The number of aliphatic hydroxyl groups is 2. The normalized spacial score (nSPS) is 25.2. The van der Waals surface area contributed by atoms with Crippen molar-refractivity contribution in [1.82, 2.24) is 10.2 Å². The molecule has 2 aliphatic rings. The van der Waals surface area contributed by atoms with E-state index in [0.29, 0.717) is 18.1 Å². The molecule has 0 radical (unpaired) electrons. The van der Waals surface area contributed by atoms with Gasteiger partial charge in [0, 0.05) is 37.3 Å². The highest BCUT2D eigenvalue weighted by Crippen LogP contribution is 2.25. The molecule has 1 saturated heterocycles. The van der Waals surface area contributed by atoms with Gasteiger partial charge in [-0.25, -0.2) is 0 Å². The van der Waals surface area contributed by atoms with Crippen LogP contribution in [0.4, 0.5) is 0 Å². The zero-order valence-corrected chi connectivity index (χ0v) is 14.9. The molecular formula is C20H30N2O3. The largest absolute Gasteiger partial charge is 0.396 e. The van der Waals surface area contributed by atoms with E-state index in [9.17, 15) is 15.0 Å². The summed E-state index contributed by atoms with van der Waals surface area (Å²) in [7, 11) is 0. The first kappa shape index (κ1) is 18.4. The van der Waals surface area contributed by atoms with Gasteiger partial charge >= 0.3 is 0 Å². The molecule has 2 fully saturated rings. The van der Waals surface area contributed by atoms with Crippen LogP contribution in [-0.4, -0.2) is 53.4 Å². The molecule has 1 aromatic carbocycles. The first-order valence-electron chi connectivity index (χ1n) is 9.53. The average molecular weight is 346 g/mol. The van der Waals surface area contributed by atoms with Crippen molar-refractivity contribution in [1.29, 1.82) is 0 Å². The maximum absolute atomic E-state index is 12.4. The molecular weight excluding hydrogens is 316 g/mol. The number of hydrogen-bond donors (Lipinski definition) is 3. The Hall–Kier alpha value is -1.43. The molecule has 0 bridgehead atoms. The van der Waals surface area contributed by atoms with Crippen LogP contribution in [0.2, 0.25) is 0 Å². The van der Waals surface area contributed by atoms with Crippen LogP contribution in [0.1, 0.15) is 48.0 Å². The van der Waals surface area contributed by atoms with Gasteiger partial charge in [0.2, 0.25) is 0 Å². The average Bonchev–Trinajstić information content (AvgIpc) is 3.10. The first-order valence-corrected chi connectivity index (χ1v) is 9.53. The van der Waals surface area contributed by atoms with Crippen molar-refractivity contribution in [2.45, 2.75) is 44.7 Å². The van der Waals surface area contributed by atoms with E-state index in [1.165, 1.54) is 5.56 Å². The predicted molar refractivity (Wildman–Crippen MR) is 97.2 cm³/mol. The van der Waals surface area contributed by atoms with Crippen LogP contribution in [-0.2, 0) is 6.54 Å². The van der Waals surface area contributed by atoms with Crippen LogP contribution in [0.3, 0.4) is 0 Å². The van der Waals surface area contributed by atoms with Gasteiger partial charge in [-0.1, -0.05) is 18.6 Å². The molecule has 1 aromatic rings. The van der Waals surface area contributed by atoms with Crippen LogP contribution >= 0.6 is 0 Å². The highest BCUT2D eigenvalue weighted by Gasteiger charge is 2.28. The van der Waals surface area contributed by atoms with E-state index in [2.05, 4.69) is 10.2 Å². The monoisotopic (exact) mass is 346 g/mol. The molecule has 1 amide bonds. The third-order valence-electron chi connectivity index (χ3n) is 5.80. The van der Waals surface area contributed by atoms with E-state index in [0.717, 1.165) is 51.7 Å². The number of nitrogens with zero attached hydrogens (tertiary/aromatic N) is 1. The summed E-state index contributed by atoms with van der Waals surface area (Å²) in [5.41, 5.74) is 1.90. The standard InChI is InChI=1S/C20H30N2O3/c23-13-16-8-10-22(11-9-16)12-15-4-6-17(7-5-15)20(25)21-19-3-1-2-18(19)14-24/h4-7,16,18-19,23-24H,1-3,8-14H2,(H,21,25)/t18-,19-/m0/s1. The van der Waals surface area contributed by atoms with Crippen molar-refractivity contribution in [2.24, 2.45) is 11.8 Å². The lowest BCUT2D eigenvalue weighted by atomic mass is 9.97. The van der Waals surface area contributed by atoms with E-state index in [1.807, 2.05) is 24.3 Å². The number of carbonyl (C=O) groups excluding carboxylic acids is 1. The number of nitrogens with one attached hydrogen (secondary N) is 1. The molecule has 138 valence electrons. The number of piperidine rings is 1. The molecule has 1 heterocycles. The second-order valence-electron chi connectivity index (χ2n) is 7.55. The van der Waals surface area contributed by atoms with Crippen LogP contribution < -0.4 is 5.32 Å². The summed E-state index contributed by atoms with van der Waals surface area (Å²) in [4.78, 5) is 14.8. The Labute approximate surface area is 150 Å². The third kappa shape index (κ3) is 4.81. The molecule has 1 aliphatic carbocycles. The minimum absolute atomic E-state index is 0.0411. The fraction of sp³-hybridized carbons (Fsp3) is 0.650. The number of benzene rings is 1. The molecule has 1 aliphatic heterocycles. The summed E-state index contributed by atoms with van der Waals surface area (Å²) >= 11 is 0. The van der Waals surface area contributed by atoms with Crippen molar-refractivity contribution >= 4 is 5.91 Å². The fourth-order valence-corrected chi connectivity index (χ4v) is 4.04. The Morgan fingerprint density at radius 1 is 1.04 bits per heavy atom. The Morgan fingerprint density at radius 3 is 2.40 bits per heavy atom. The lowest BCUT2D eigenvalue weighted by Crippen LogP contribution is -2.38. The number of carbonyl (C=O) groups is 1. The van der Waals surface area contributed by atoms with Crippen molar-refractivity contribution in [3.63, 3.8) is 0 Å². The van der Waals surface area contributed by atoms with Gasteiger partial charge in [-0.05, 0) is 62.4 Å². The second-order valence-corrected chi connectivity index (χ2v) is 7.55. The lowest BCUT2D eigenvalue weighted by Gasteiger charge is -2.31. The van der Waals surface area contributed by atoms with E-state index in [4.69, 9.17) is 0 Å². The molecule has 5 nitrogen and oxygen atoms in total. The first-order chi connectivity index (χ1) is 12.2. The van der Waals surface area contributed by atoms with Crippen molar-refractivity contribution in [3.05, 3.63) is 35.4 Å². The molecule has 0 spiro atoms. The minimum Gasteiger partial charge on any atom is -0.396 e. The van der Waals surface area contributed by atoms with E-state index >= 15 is 0 Å². The quantitative estimate of drug-likeness (QED) is 0.734. The number of aliphatic hydroxyl groups excluding tert-OH is 2. The van der Waals surface area contributed by atoms with Gasteiger partial charge < -0.3 is 15.5 Å². The van der Waals surface area contributed by atoms with Gasteiger partial charge in [0.25, 0.3) is 5.91 Å². The van der Waals surface area contributed by atoms with Crippen molar-refractivity contribution < 1.29 is 15.0 Å². The SMILES string of the molecule is O=C(N[C@H]1CCC[C@H]1CO)c1ccc(CN2CCC(CO)CC2)cc1. The van der Waals surface area contributed by atoms with Gasteiger partial charge in [0.05, 0.1) is 0 Å². The summed E-state index contributed by atoms with van der Waals surface area (Å²) in [5, 5.41) is 21.7. The van der Waals surface area contributed by atoms with Crippen LogP contribution in [0, 0.1) is 11.8 Å². The van der Waals surface area contributed by atoms with Gasteiger partial charge in [0.15, 0.2) is 0 Å². The molecule has 1 saturated carbocycles. The Bertz CT molecular complexity index is 553. The highest BCUT2D eigenvalue weighted by atomic mass is 16.3. The lowest BCUT2D eigenvalue weighted by molar-refractivity contribution is 0.0916. The summed E-state index contributed by atoms with van der Waals surface area (Å²) in [6, 6.07) is 7.96. The zero-order chi connectivity index (χ0) is 17.6. The van der Waals surface area contributed by atoms with Crippen molar-refractivity contribution in [3.8, 4) is 0 Å². The maximum atomic E-state index is 12.4. The molecule has 25 heavy (non-hydrogen) atoms. The summed E-state index contributed by atoms with van der Waals surface area (Å²) < 4.78 is 0. The topological polar surface area (TPSA) is 72.8 Å². The molecule has 3 N–H and O–H groups in total. The molecule has 0 aromatic heterocycles. The van der Waals surface area contributed by atoms with Gasteiger partial charge in [0.1, 0.15) is 0 Å². The maximum Gasteiger partial charge on any atom is 0.251 e. The van der Waals surface area contributed by atoms with Crippen LogP contribution in [0.25, 0.3) is 0 Å². The Morgan fingerprint density at radius 2 is 1.76 bits per heavy atom. The molecule has 2 atom stereocenters. The minimum atomic E-state index is -0.0411. The van der Waals surface area contributed by atoms with Gasteiger partial charge in [-0.15, -0.1) is 0 Å². The Kier molecular flexibility index (Phi) is 6.45. The number of rotatable bonds is 6. The van der Waals surface area contributed by atoms with E-state index < -0.39 is 0 Å². The Balaban J connectivity index is 1.51. The van der Waals surface area contributed by atoms with Crippen molar-refractivity contribution in [2.75, 3.05) is 26.3 Å². The van der Waals surface area contributed by atoms with Gasteiger partial charge in [-0.3, -0.25) is 9.69 Å². The summed E-state index contributed by atoms with van der Waals surface area (Å²) in [5.74, 6) is 0.617.